The minimum absolute atomic E-state index is 0.00247. The number of nitrogens with zero attached hydrogens (tertiary/aromatic N) is 3. The van der Waals surface area contributed by atoms with E-state index in [1.807, 2.05) is 13.1 Å². The lowest BCUT2D eigenvalue weighted by molar-refractivity contribution is -0.138. The molecule has 1 aromatic carbocycles. The molecule has 0 bridgehead atoms. The van der Waals surface area contributed by atoms with Gasteiger partial charge in [-0.2, -0.15) is 18.2 Å². The zero-order valence-electron chi connectivity index (χ0n) is 19.5. The molecule has 6 nitrogen and oxygen atoms in total. The summed E-state index contributed by atoms with van der Waals surface area (Å²) in [7, 11) is 3.71. The predicted octanol–water partition coefficient (Wildman–Crippen LogP) is 5.75. The smallest absolute Gasteiger partial charge is 0.384 e. The average Bonchev–Trinajstić information content (AvgIpc) is 3.42. The molecule has 2 aliphatic carbocycles. The maximum absolute atomic E-state index is 13.9. The summed E-state index contributed by atoms with van der Waals surface area (Å²) in [5.74, 6) is 0.221. The lowest BCUT2D eigenvalue weighted by atomic mass is 9.86. The van der Waals surface area contributed by atoms with Crippen LogP contribution in [0.25, 0.3) is 22.4 Å². The van der Waals surface area contributed by atoms with E-state index in [0.29, 0.717) is 34.6 Å². The molecule has 34 heavy (non-hydrogen) atoms. The molecule has 0 spiro atoms. The number of alkyl halides is 3. The second kappa shape index (κ2) is 8.45. The fourth-order valence-corrected chi connectivity index (χ4v) is 5.52. The Labute approximate surface area is 196 Å². The number of aromatic amines is 1. The van der Waals surface area contributed by atoms with Gasteiger partial charge in [-0.05, 0) is 49.3 Å². The second-order valence-electron chi connectivity index (χ2n) is 9.92. The molecule has 0 unspecified atom stereocenters. The Bertz CT molecular complexity index is 1200. The fraction of sp³-hybridized carbons (Fsp3) is 0.520. The Morgan fingerprint density at radius 3 is 2.56 bits per heavy atom. The molecule has 5 rings (SSSR count). The number of ether oxygens (including phenoxy) is 1. The zero-order chi connectivity index (χ0) is 24.1. The zero-order valence-corrected chi connectivity index (χ0v) is 19.5. The Hall–Kier alpha value is -2.81. The Balaban J connectivity index is 1.57. The van der Waals surface area contributed by atoms with E-state index in [1.165, 1.54) is 18.9 Å². The molecule has 2 aromatic heterocycles. The fourth-order valence-electron chi connectivity index (χ4n) is 5.52. The molecule has 0 atom stereocenters. The highest BCUT2D eigenvalue weighted by molar-refractivity contribution is 5.90. The number of hydrogen-bond donors (Lipinski definition) is 2. The first kappa shape index (κ1) is 23.0. The number of anilines is 2. The van der Waals surface area contributed by atoms with Crippen molar-refractivity contribution in [3.63, 3.8) is 0 Å². The monoisotopic (exact) mass is 473 g/mol. The van der Waals surface area contributed by atoms with Gasteiger partial charge in [-0.25, -0.2) is 4.98 Å². The van der Waals surface area contributed by atoms with Gasteiger partial charge in [0.05, 0.1) is 23.6 Å². The van der Waals surface area contributed by atoms with Gasteiger partial charge in [0.15, 0.2) is 11.6 Å². The number of methoxy groups -OCH3 is 1. The first-order valence-electron chi connectivity index (χ1n) is 11.8. The number of nitrogens with one attached hydrogen (secondary N) is 1. The number of hydrogen-bond acceptors (Lipinski definition) is 5. The molecule has 182 valence electrons. The van der Waals surface area contributed by atoms with Crippen LogP contribution < -0.4 is 10.6 Å². The third-order valence-corrected chi connectivity index (χ3v) is 7.23. The number of pyridine rings is 1. The number of nitrogen functional groups attached to an aromatic ring is 1. The average molecular weight is 474 g/mol. The summed E-state index contributed by atoms with van der Waals surface area (Å²) in [4.78, 5) is 14.1. The van der Waals surface area contributed by atoms with Crippen LogP contribution in [0.15, 0.2) is 24.3 Å². The lowest BCUT2D eigenvalue weighted by Gasteiger charge is -2.34. The summed E-state index contributed by atoms with van der Waals surface area (Å²) < 4.78 is 47.1. The first-order chi connectivity index (χ1) is 16.2. The maximum Gasteiger partial charge on any atom is 0.416 e. The molecular weight excluding hydrogens is 443 g/mol. The van der Waals surface area contributed by atoms with Crippen molar-refractivity contribution in [3.05, 3.63) is 35.4 Å². The van der Waals surface area contributed by atoms with Crippen molar-refractivity contribution in [1.82, 2.24) is 15.0 Å². The topological polar surface area (TPSA) is 80.1 Å². The summed E-state index contributed by atoms with van der Waals surface area (Å²) in [6.45, 7) is 1.42. The van der Waals surface area contributed by atoms with Gasteiger partial charge in [0.1, 0.15) is 5.52 Å². The van der Waals surface area contributed by atoms with Crippen molar-refractivity contribution in [3.8, 4) is 11.3 Å². The standard InChI is InChI=1S/C25H30F3N5O/c1-33(13-24(14-34-2)9-3-4-10-24)20-12-19(30-22-21(20)31-23(29)32-22)16-7-8-17(15-5-6-15)18(11-16)25(26,27)28/h7-8,11-12,15H,3-6,9-10,13-14H2,1-2H3,(H3,29,30,31,32). The quantitative estimate of drug-likeness (QED) is 0.457. The van der Waals surface area contributed by atoms with Crippen LogP contribution in [0.2, 0.25) is 0 Å². The van der Waals surface area contributed by atoms with E-state index in [0.717, 1.165) is 37.9 Å². The number of halogens is 3. The molecule has 2 saturated carbocycles. The van der Waals surface area contributed by atoms with Crippen molar-refractivity contribution >= 4 is 22.8 Å². The summed E-state index contributed by atoms with van der Waals surface area (Å²) in [6.07, 6.45) is 1.68. The predicted molar refractivity (Wildman–Crippen MR) is 127 cm³/mol. The van der Waals surface area contributed by atoms with E-state index in [4.69, 9.17) is 10.5 Å². The Morgan fingerprint density at radius 2 is 1.91 bits per heavy atom. The summed E-state index contributed by atoms with van der Waals surface area (Å²) in [5.41, 5.74) is 8.53. The first-order valence-corrected chi connectivity index (χ1v) is 11.8. The minimum atomic E-state index is -4.41. The number of rotatable bonds is 7. The molecule has 3 N–H and O–H groups in total. The number of nitrogens with two attached hydrogens (primary N) is 1. The van der Waals surface area contributed by atoms with Crippen molar-refractivity contribution < 1.29 is 17.9 Å². The van der Waals surface area contributed by atoms with Gasteiger partial charge in [0.2, 0.25) is 0 Å². The van der Waals surface area contributed by atoms with E-state index in [-0.39, 0.29) is 17.3 Å². The SMILES string of the molecule is COCC1(CN(C)c2cc(-c3ccc(C4CC4)c(C(F)(F)F)c3)nc3nc(N)[nH]c23)CCCC1. The van der Waals surface area contributed by atoms with Gasteiger partial charge in [-0.1, -0.05) is 25.0 Å². The van der Waals surface area contributed by atoms with E-state index in [2.05, 4.69) is 19.9 Å². The third kappa shape index (κ3) is 4.33. The molecule has 0 amide bonds. The van der Waals surface area contributed by atoms with Crippen molar-refractivity contribution in [2.24, 2.45) is 5.41 Å². The van der Waals surface area contributed by atoms with Crippen LogP contribution in [-0.2, 0) is 10.9 Å². The molecule has 2 fully saturated rings. The van der Waals surface area contributed by atoms with Gasteiger partial charge >= 0.3 is 6.18 Å². The number of benzene rings is 1. The summed E-state index contributed by atoms with van der Waals surface area (Å²) in [6, 6.07) is 6.41. The Morgan fingerprint density at radius 1 is 1.18 bits per heavy atom. The van der Waals surface area contributed by atoms with Crippen LogP contribution in [0.4, 0.5) is 24.8 Å². The number of imidazole rings is 1. The van der Waals surface area contributed by atoms with Crippen LogP contribution in [-0.4, -0.2) is 42.3 Å². The van der Waals surface area contributed by atoms with Crippen LogP contribution in [0.5, 0.6) is 0 Å². The van der Waals surface area contributed by atoms with E-state index in [9.17, 15) is 13.2 Å². The molecule has 3 aromatic rings. The normalized spacial score (nSPS) is 18.0. The van der Waals surface area contributed by atoms with E-state index >= 15 is 0 Å². The minimum Gasteiger partial charge on any atom is -0.384 e. The maximum atomic E-state index is 13.9. The molecule has 0 saturated heterocycles. The van der Waals surface area contributed by atoms with Crippen LogP contribution in [0.1, 0.15) is 55.6 Å². The molecule has 0 aliphatic heterocycles. The second-order valence-corrected chi connectivity index (χ2v) is 9.92. The van der Waals surface area contributed by atoms with Crippen LogP contribution in [0, 0.1) is 5.41 Å². The number of H-pyrrole nitrogens is 1. The highest BCUT2D eigenvalue weighted by Crippen LogP contribution is 2.47. The van der Waals surface area contributed by atoms with Crippen molar-refractivity contribution in [2.45, 2.75) is 50.6 Å². The molecule has 9 heteroatoms. The molecule has 2 heterocycles. The van der Waals surface area contributed by atoms with Crippen LogP contribution in [0.3, 0.4) is 0 Å². The lowest BCUT2D eigenvalue weighted by Crippen LogP contribution is -2.37. The van der Waals surface area contributed by atoms with Crippen molar-refractivity contribution in [2.75, 3.05) is 37.9 Å². The molecule has 0 radical (unpaired) electrons. The van der Waals surface area contributed by atoms with E-state index in [1.54, 1.807) is 19.2 Å². The third-order valence-electron chi connectivity index (χ3n) is 7.23. The van der Waals surface area contributed by atoms with E-state index < -0.39 is 11.7 Å². The Kier molecular flexibility index (Phi) is 5.70. The summed E-state index contributed by atoms with van der Waals surface area (Å²) in [5, 5.41) is 0. The number of aromatic nitrogens is 3. The van der Waals surface area contributed by atoms with Gasteiger partial charge in [0.25, 0.3) is 0 Å². The number of fused-ring (bicyclic) bond motifs is 1. The van der Waals surface area contributed by atoms with Gasteiger partial charge < -0.3 is 20.4 Å². The highest BCUT2D eigenvalue weighted by atomic mass is 19.4. The largest absolute Gasteiger partial charge is 0.416 e. The summed E-state index contributed by atoms with van der Waals surface area (Å²) >= 11 is 0. The molecular formula is C25H30F3N5O. The van der Waals surface area contributed by atoms with Crippen molar-refractivity contribution in [1.29, 1.82) is 0 Å². The van der Waals surface area contributed by atoms with Gasteiger partial charge in [0, 0.05) is 31.7 Å². The van der Waals surface area contributed by atoms with Gasteiger partial charge in [-0.3, -0.25) is 0 Å². The van der Waals surface area contributed by atoms with Gasteiger partial charge in [-0.15, -0.1) is 0 Å². The highest BCUT2D eigenvalue weighted by Gasteiger charge is 2.39. The van der Waals surface area contributed by atoms with Crippen LogP contribution >= 0.6 is 0 Å². The molecule has 2 aliphatic rings.